The van der Waals surface area contributed by atoms with Gasteiger partial charge < -0.3 is 19.9 Å². The molecule has 5 aromatic rings. The van der Waals surface area contributed by atoms with Gasteiger partial charge in [-0.1, -0.05) is 36.4 Å². The van der Waals surface area contributed by atoms with Gasteiger partial charge in [0.25, 0.3) is 5.91 Å². The van der Waals surface area contributed by atoms with Crippen LogP contribution in [0, 0.1) is 5.82 Å². The normalized spacial score (nSPS) is 16.4. The summed E-state index contributed by atoms with van der Waals surface area (Å²) in [6, 6.07) is 21.5. The van der Waals surface area contributed by atoms with E-state index in [0.29, 0.717) is 35.8 Å². The number of thiophene rings is 1. The van der Waals surface area contributed by atoms with Crippen molar-refractivity contribution in [3.8, 4) is 16.2 Å². The molecule has 0 radical (unpaired) electrons. The zero-order valence-electron chi connectivity index (χ0n) is 23.6. The van der Waals surface area contributed by atoms with Gasteiger partial charge in [-0.2, -0.15) is 0 Å². The number of benzene rings is 3. The number of hydrogen-bond donors (Lipinski definition) is 2. The molecule has 2 aliphatic heterocycles. The van der Waals surface area contributed by atoms with Crippen LogP contribution in [0.3, 0.4) is 0 Å². The molecule has 2 aliphatic rings. The van der Waals surface area contributed by atoms with Crippen molar-refractivity contribution >= 4 is 53.1 Å². The van der Waals surface area contributed by atoms with Crippen molar-refractivity contribution in [1.82, 2.24) is 19.8 Å². The second-order valence-electron chi connectivity index (χ2n) is 11.1. The summed E-state index contributed by atoms with van der Waals surface area (Å²) >= 11 is 1.66. The lowest BCUT2D eigenvalue weighted by molar-refractivity contribution is 0.0683. The molecule has 1 fully saturated rings. The van der Waals surface area contributed by atoms with Crippen LogP contribution in [0.2, 0.25) is 0 Å². The quantitative estimate of drug-likeness (QED) is 0.208. The number of hydrogen-bond acceptors (Lipinski definition) is 5. The first-order chi connectivity index (χ1) is 19.9. The Labute approximate surface area is 266 Å². The summed E-state index contributed by atoms with van der Waals surface area (Å²) in [4.78, 5) is 28.3. The van der Waals surface area contributed by atoms with Crippen LogP contribution >= 0.6 is 36.2 Å². The predicted octanol–water partition coefficient (Wildman–Crippen LogP) is 7.58. The van der Waals surface area contributed by atoms with Crippen molar-refractivity contribution < 1.29 is 14.3 Å². The van der Waals surface area contributed by atoms with Gasteiger partial charge in [0, 0.05) is 28.3 Å². The van der Waals surface area contributed by atoms with Gasteiger partial charge >= 0.3 is 0 Å². The average molecular weight is 640 g/mol. The number of fused-ring (bicyclic) bond motifs is 2. The number of likely N-dealkylation sites (tertiary alicyclic amines) is 1. The maximum atomic E-state index is 14.4. The van der Waals surface area contributed by atoms with Crippen molar-refractivity contribution in [1.29, 1.82) is 0 Å². The number of aromatic amines is 1. The molecule has 10 heteroatoms. The molecule has 6 nitrogen and oxygen atoms in total. The number of aromatic hydroxyl groups is 1. The number of phenolic OH excluding ortho intramolecular Hbond substituents is 1. The van der Waals surface area contributed by atoms with Gasteiger partial charge in [-0.25, -0.2) is 9.37 Å². The van der Waals surface area contributed by atoms with E-state index in [-0.39, 0.29) is 36.5 Å². The van der Waals surface area contributed by atoms with Gasteiger partial charge in [0.15, 0.2) is 0 Å². The molecule has 0 bridgehead atoms. The standard InChI is InChI=1S/C33H31FN4O2S.2ClH/c1-37-15-12-21(13-16-37)20-6-8-22(9-7-20)30-19-25-29(41-30)14-17-38(33(25)40)31(24-18-23(34)10-11-28(24)39)32-35-26-4-2-3-5-27(26)36-32;;/h2-11,18-19,21,31,39H,12-17H2,1H3,(H,35,36);2*1H. The highest BCUT2D eigenvalue weighted by Gasteiger charge is 2.36. The van der Waals surface area contributed by atoms with Gasteiger partial charge in [-0.05, 0) is 86.4 Å². The Bertz CT molecular complexity index is 1710. The third-order valence-corrected chi connectivity index (χ3v) is 9.77. The van der Waals surface area contributed by atoms with Gasteiger partial charge in [0.05, 0.1) is 16.6 Å². The number of imidazole rings is 1. The third-order valence-electron chi connectivity index (χ3n) is 8.53. The first-order valence-electron chi connectivity index (χ1n) is 14.1. The van der Waals surface area contributed by atoms with Crippen molar-refractivity contribution in [2.45, 2.75) is 31.2 Å². The Balaban J connectivity index is 0.00000184. The van der Waals surface area contributed by atoms with Crippen LogP contribution in [-0.2, 0) is 6.42 Å². The third kappa shape index (κ3) is 5.89. The lowest BCUT2D eigenvalue weighted by Crippen LogP contribution is -2.40. The van der Waals surface area contributed by atoms with E-state index in [2.05, 4.69) is 41.2 Å². The topological polar surface area (TPSA) is 72.5 Å². The minimum absolute atomic E-state index is 0. The number of phenols is 1. The van der Waals surface area contributed by atoms with Crippen LogP contribution < -0.4 is 0 Å². The minimum atomic E-state index is -0.768. The smallest absolute Gasteiger partial charge is 0.255 e. The summed E-state index contributed by atoms with van der Waals surface area (Å²) in [7, 11) is 2.18. The molecular weight excluding hydrogens is 606 g/mol. The van der Waals surface area contributed by atoms with Crippen LogP contribution in [0.1, 0.15) is 57.0 Å². The summed E-state index contributed by atoms with van der Waals surface area (Å²) < 4.78 is 14.4. The van der Waals surface area contributed by atoms with E-state index < -0.39 is 11.9 Å². The Morgan fingerprint density at radius 1 is 1.00 bits per heavy atom. The number of amides is 1. The molecule has 2 aromatic heterocycles. The molecule has 7 rings (SSSR count). The maximum absolute atomic E-state index is 14.4. The first kappa shape index (κ1) is 31.0. The maximum Gasteiger partial charge on any atom is 0.255 e. The molecule has 0 aliphatic carbocycles. The van der Waals surface area contributed by atoms with Crippen LogP contribution in [-0.4, -0.2) is 57.5 Å². The van der Waals surface area contributed by atoms with E-state index >= 15 is 0 Å². The Morgan fingerprint density at radius 3 is 2.49 bits per heavy atom. The van der Waals surface area contributed by atoms with E-state index in [1.165, 1.54) is 36.6 Å². The molecular formula is C33H33Cl2FN4O2S. The number of carbonyl (C=O) groups excluding carboxylic acids is 1. The summed E-state index contributed by atoms with van der Waals surface area (Å²) in [6.07, 6.45) is 3.04. The number of aromatic nitrogens is 2. The van der Waals surface area contributed by atoms with Crippen molar-refractivity contribution in [3.05, 3.63) is 106 Å². The Kier molecular flexibility index (Phi) is 9.13. The van der Waals surface area contributed by atoms with Crippen LogP contribution in [0.25, 0.3) is 21.5 Å². The monoisotopic (exact) mass is 638 g/mol. The minimum Gasteiger partial charge on any atom is -0.508 e. The fraction of sp³-hybridized carbons (Fsp3) is 0.273. The van der Waals surface area contributed by atoms with E-state index in [4.69, 9.17) is 4.98 Å². The summed E-state index contributed by atoms with van der Waals surface area (Å²) in [5, 5.41) is 10.8. The Morgan fingerprint density at radius 2 is 1.74 bits per heavy atom. The summed E-state index contributed by atoms with van der Waals surface area (Å²) in [5.41, 5.74) is 5.02. The highest BCUT2D eigenvalue weighted by Crippen LogP contribution is 2.41. The number of rotatable bonds is 5. The number of nitrogens with zero attached hydrogens (tertiary/aromatic N) is 3. The highest BCUT2D eigenvalue weighted by atomic mass is 35.5. The van der Waals surface area contributed by atoms with Gasteiger partial charge in [-0.3, -0.25) is 4.79 Å². The molecule has 43 heavy (non-hydrogen) atoms. The van der Waals surface area contributed by atoms with Gasteiger partial charge in [0.1, 0.15) is 23.4 Å². The lowest BCUT2D eigenvalue weighted by atomic mass is 9.89. The number of halogens is 3. The molecule has 1 amide bonds. The van der Waals surface area contributed by atoms with Gasteiger partial charge in [-0.15, -0.1) is 36.2 Å². The molecule has 2 N–H and O–H groups in total. The highest BCUT2D eigenvalue weighted by molar-refractivity contribution is 7.15. The zero-order valence-corrected chi connectivity index (χ0v) is 26.1. The molecule has 1 atom stereocenters. The van der Waals surface area contributed by atoms with Crippen molar-refractivity contribution in [2.75, 3.05) is 26.7 Å². The fourth-order valence-corrected chi connectivity index (χ4v) is 7.38. The van der Waals surface area contributed by atoms with E-state index in [1.807, 2.05) is 30.3 Å². The molecule has 4 heterocycles. The van der Waals surface area contributed by atoms with E-state index in [9.17, 15) is 14.3 Å². The molecule has 3 aromatic carbocycles. The molecule has 1 unspecified atom stereocenters. The van der Waals surface area contributed by atoms with Crippen molar-refractivity contribution in [2.24, 2.45) is 0 Å². The number of piperidine rings is 1. The lowest BCUT2D eigenvalue weighted by Gasteiger charge is -2.34. The average Bonchev–Trinajstić information content (AvgIpc) is 3.62. The van der Waals surface area contributed by atoms with E-state index in [0.717, 1.165) is 39.4 Å². The van der Waals surface area contributed by atoms with Crippen LogP contribution in [0.4, 0.5) is 4.39 Å². The van der Waals surface area contributed by atoms with Crippen molar-refractivity contribution in [3.63, 3.8) is 0 Å². The van der Waals surface area contributed by atoms with E-state index in [1.54, 1.807) is 16.2 Å². The molecule has 0 saturated carbocycles. The number of para-hydroxylation sites is 2. The largest absolute Gasteiger partial charge is 0.508 e. The van der Waals surface area contributed by atoms with Crippen LogP contribution in [0.5, 0.6) is 5.75 Å². The number of nitrogens with one attached hydrogen (secondary N) is 1. The molecule has 1 saturated heterocycles. The summed E-state index contributed by atoms with van der Waals surface area (Å²) in [5.74, 6) is 0.382. The number of carbonyl (C=O) groups is 1. The first-order valence-corrected chi connectivity index (χ1v) is 14.9. The zero-order chi connectivity index (χ0) is 28.1. The second kappa shape index (κ2) is 12.7. The predicted molar refractivity (Wildman–Crippen MR) is 174 cm³/mol. The Hall–Kier alpha value is -3.43. The second-order valence-corrected chi connectivity index (χ2v) is 12.3. The molecule has 224 valence electrons. The molecule has 0 spiro atoms. The fourth-order valence-electron chi connectivity index (χ4n) is 6.23. The SMILES string of the molecule is CN1CCC(c2ccc(-c3cc4c(s3)CCN(C(c3nc5ccccc5[nH]3)c3cc(F)ccc3O)C4=O)cc2)CC1.Cl.Cl. The van der Waals surface area contributed by atoms with Crippen LogP contribution in [0.15, 0.2) is 72.8 Å². The summed E-state index contributed by atoms with van der Waals surface area (Å²) in [6.45, 7) is 2.69. The van der Waals surface area contributed by atoms with Gasteiger partial charge in [0.2, 0.25) is 0 Å². The number of H-pyrrole nitrogens is 1.